The summed E-state index contributed by atoms with van der Waals surface area (Å²) in [5.41, 5.74) is 0.312. The number of rotatable bonds is 3. The summed E-state index contributed by atoms with van der Waals surface area (Å²) in [7, 11) is 0. The van der Waals surface area contributed by atoms with Gasteiger partial charge in [0.1, 0.15) is 23.1 Å². The minimum atomic E-state index is -0.173. The van der Waals surface area contributed by atoms with Gasteiger partial charge < -0.3 is 19.6 Å². The number of carbonyl (C=O) groups is 2. The normalized spacial score (nSPS) is 14.5. The van der Waals surface area contributed by atoms with E-state index in [0.29, 0.717) is 55.1 Å². The van der Waals surface area contributed by atoms with Gasteiger partial charge in [-0.15, -0.1) is 0 Å². The van der Waals surface area contributed by atoms with Crippen molar-refractivity contribution >= 4 is 23.5 Å². The molecule has 9 nitrogen and oxygen atoms in total. The fourth-order valence-electron chi connectivity index (χ4n) is 2.68. The van der Waals surface area contributed by atoms with Gasteiger partial charge in [-0.2, -0.15) is 0 Å². The molecule has 2 amide bonds. The molecule has 1 N–H and O–H groups in total. The Labute approximate surface area is 145 Å². The number of hydrogen-bond acceptors (Lipinski definition) is 7. The van der Waals surface area contributed by atoms with E-state index in [0.717, 1.165) is 0 Å². The highest BCUT2D eigenvalue weighted by atomic mass is 16.5. The zero-order valence-electron chi connectivity index (χ0n) is 14.4. The predicted molar refractivity (Wildman–Crippen MR) is 89.4 cm³/mol. The average Bonchev–Trinajstić information content (AvgIpc) is 2.98. The maximum absolute atomic E-state index is 12.7. The highest BCUT2D eigenvalue weighted by Crippen LogP contribution is 2.16. The zero-order chi connectivity index (χ0) is 18.0. The molecule has 0 bridgehead atoms. The second-order valence-electron chi connectivity index (χ2n) is 5.93. The van der Waals surface area contributed by atoms with Crippen LogP contribution in [0.2, 0.25) is 0 Å². The summed E-state index contributed by atoms with van der Waals surface area (Å²) in [6.07, 6.45) is 0. The molecule has 1 saturated heterocycles. The maximum atomic E-state index is 12.7. The third-order valence-electron chi connectivity index (χ3n) is 3.95. The summed E-state index contributed by atoms with van der Waals surface area (Å²) in [6.45, 7) is 7.11. The van der Waals surface area contributed by atoms with Gasteiger partial charge in [0.05, 0.1) is 0 Å². The van der Waals surface area contributed by atoms with Gasteiger partial charge in [-0.3, -0.25) is 9.59 Å². The minimum Gasteiger partial charge on any atom is -0.360 e. The molecule has 1 fully saturated rings. The first-order valence-electron chi connectivity index (χ1n) is 8.03. The van der Waals surface area contributed by atoms with Crippen molar-refractivity contribution in [3.63, 3.8) is 0 Å². The largest absolute Gasteiger partial charge is 0.360 e. The van der Waals surface area contributed by atoms with Gasteiger partial charge in [0.2, 0.25) is 5.91 Å². The Morgan fingerprint density at radius 2 is 1.72 bits per heavy atom. The smallest absolute Gasteiger partial charge is 0.272 e. The zero-order valence-corrected chi connectivity index (χ0v) is 14.4. The predicted octanol–water partition coefficient (Wildman–Crippen LogP) is 1.13. The fourth-order valence-corrected chi connectivity index (χ4v) is 2.68. The molecule has 0 aromatic carbocycles. The van der Waals surface area contributed by atoms with E-state index in [1.165, 1.54) is 6.92 Å². The number of amides is 2. The van der Waals surface area contributed by atoms with E-state index in [1.54, 1.807) is 35.8 Å². The van der Waals surface area contributed by atoms with Crippen molar-refractivity contribution in [2.24, 2.45) is 0 Å². The molecule has 0 saturated carbocycles. The molecule has 9 heteroatoms. The van der Waals surface area contributed by atoms with Crippen molar-refractivity contribution in [3.8, 4) is 0 Å². The van der Waals surface area contributed by atoms with Crippen LogP contribution in [0.5, 0.6) is 0 Å². The first-order valence-corrected chi connectivity index (χ1v) is 8.03. The van der Waals surface area contributed by atoms with Crippen molar-refractivity contribution in [2.75, 3.05) is 31.5 Å². The second kappa shape index (κ2) is 6.88. The maximum Gasteiger partial charge on any atom is 0.272 e. The number of aryl methyl sites for hydroxylation is 2. The van der Waals surface area contributed by atoms with Crippen LogP contribution in [-0.2, 0) is 4.79 Å². The van der Waals surface area contributed by atoms with E-state index in [2.05, 4.69) is 20.4 Å². The molecule has 3 rings (SSSR count). The first kappa shape index (κ1) is 16.9. The standard InChI is InChI=1S/C16H20N6O3/c1-10-8-15(20-25-10)19-14-9-13(17-11(2)18-14)16(24)22-6-4-21(5-7-22)12(3)23/h8-9H,4-7H2,1-3H3,(H,17,18,19,20). The average molecular weight is 344 g/mol. The Bertz CT molecular complexity index is 795. The van der Waals surface area contributed by atoms with Gasteiger partial charge in [0, 0.05) is 45.2 Å². The lowest BCUT2D eigenvalue weighted by Gasteiger charge is -2.34. The lowest BCUT2D eigenvalue weighted by molar-refractivity contribution is -0.130. The number of nitrogens with one attached hydrogen (secondary N) is 1. The number of aromatic nitrogens is 3. The summed E-state index contributed by atoms with van der Waals surface area (Å²) in [6, 6.07) is 3.33. The quantitative estimate of drug-likeness (QED) is 0.890. The lowest BCUT2D eigenvalue weighted by atomic mass is 10.2. The first-order chi connectivity index (χ1) is 11.9. The molecule has 1 aliphatic rings. The van der Waals surface area contributed by atoms with E-state index in [-0.39, 0.29) is 11.8 Å². The molecule has 132 valence electrons. The molecule has 0 atom stereocenters. The third-order valence-corrected chi connectivity index (χ3v) is 3.95. The van der Waals surface area contributed by atoms with Crippen molar-refractivity contribution in [2.45, 2.75) is 20.8 Å². The molecule has 2 aromatic heterocycles. The van der Waals surface area contributed by atoms with Crippen LogP contribution in [0.25, 0.3) is 0 Å². The molecule has 3 heterocycles. The number of anilines is 2. The van der Waals surface area contributed by atoms with Gasteiger partial charge in [-0.25, -0.2) is 9.97 Å². The molecule has 1 aliphatic heterocycles. The molecule has 25 heavy (non-hydrogen) atoms. The lowest BCUT2D eigenvalue weighted by Crippen LogP contribution is -2.50. The Hall–Kier alpha value is -2.97. The van der Waals surface area contributed by atoms with Crippen molar-refractivity contribution < 1.29 is 14.1 Å². The molecule has 0 radical (unpaired) electrons. The summed E-state index contributed by atoms with van der Waals surface area (Å²) in [5, 5.41) is 6.86. The van der Waals surface area contributed by atoms with Gasteiger partial charge in [0.15, 0.2) is 5.82 Å². The van der Waals surface area contributed by atoms with E-state index in [1.807, 2.05) is 0 Å². The van der Waals surface area contributed by atoms with Crippen LogP contribution in [-0.4, -0.2) is 62.9 Å². The number of nitrogens with zero attached hydrogens (tertiary/aromatic N) is 5. The van der Waals surface area contributed by atoms with Crippen molar-refractivity contribution in [1.29, 1.82) is 0 Å². The van der Waals surface area contributed by atoms with Crippen LogP contribution in [0.3, 0.4) is 0 Å². The van der Waals surface area contributed by atoms with E-state index in [4.69, 9.17) is 4.52 Å². The van der Waals surface area contributed by atoms with E-state index >= 15 is 0 Å². The molecule has 0 unspecified atom stereocenters. The Kier molecular flexibility index (Phi) is 4.64. The van der Waals surface area contributed by atoms with Crippen LogP contribution in [0.1, 0.15) is 29.0 Å². The number of piperazine rings is 1. The number of hydrogen-bond donors (Lipinski definition) is 1. The van der Waals surface area contributed by atoms with E-state index < -0.39 is 0 Å². The highest BCUT2D eigenvalue weighted by Gasteiger charge is 2.24. The van der Waals surface area contributed by atoms with Gasteiger partial charge in [-0.1, -0.05) is 5.16 Å². The summed E-state index contributed by atoms with van der Waals surface area (Å²) in [5.74, 6) is 2.01. The van der Waals surface area contributed by atoms with Gasteiger partial charge in [0.25, 0.3) is 5.91 Å². The van der Waals surface area contributed by atoms with Crippen LogP contribution >= 0.6 is 0 Å². The van der Waals surface area contributed by atoms with Gasteiger partial charge >= 0.3 is 0 Å². The van der Waals surface area contributed by atoms with Crippen molar-refractivity contribution in [3.05, 3.63) is 29.4 Å². The summed E-state index contributed by atoms with van der Waals surface area (Å²) < 4.78 is 5.01. The van der Waals surface area contributed by atoms with Gasteiger partial charge in [-0.05, 0) is 13.8 Å². The highest BCUT2D eigenvalue weighted by molar-refractivity contribution is 5.93. The Morgan fingerprint density at radius 3 is 2.32 bits per heavy atom. The topological polar surface area (TPSA) is 104 Å². The summed E-state index contributed by atoms with van der Waals surface area (Å²) in [4.78, 5) is 36.0. The van der Waals surface area contributed by atoms with E-state index in [9.17, 15) is 9.59 Å². The molecule has 0 spiro atoms. The molecule has 2 aromatic rings. The van der Waals surface area contributed by atoms with Crippen LogP contribution in [0.4, 0.5) is 11.6 Å². The fraction of sp³-hybridized carbons (Fsp3) is 0.438. The monoisotopic (exact) mass is 344 g/mol. The Morgan fingerprint density at radius 1 is 1.04 bits per heavy atom. The minimum absolute atomic E-state index is 0.0272. The SMILES string of the molecule is CC(=O)N1CCN(C(=O)c2cc(Nc3cc(C)on3)nc(C)n2)CC1. The third kappa shape index (κ3) is 3.93. The molecular formula is C16H20N6O3. The second-order valence-corrected chi connectivity index (χ2v) is 5.93. The molecule has 0 aliphatic carbocycles. The summed E-state index contributed by atoms with van der Waals surface area (Å²) >= 11 is 0. The van der Waals surface area contributed by atoms with Crippen LogP contribution < -0.4 is 5.32 Å². The number of carbonyl (C=O) groups excluding carboxylic acids is 2. The van der Waals surface area contributed by atoms with Crippen LogP contribution in [0, 0.1) is 13.8 Å². The van der Waals surface area contributed by atoms with Crippen LogP contribution in [0.15, 0.2) is 16.7 Å². The molecular weight excluding hydrogens is 324 g/mol. The Balaban J connectivity index is 1.73. The van der Waals surface area contributed by atoms with Crippen molar-refractivity contribution in [1.82, 2.24) is 24.9 Å².